The van der Waals surface area contributed by atoms with Crippen molar-refractivity contribution < 1.29 is 9.90 Å². The summed E-state index contributed by atoms with van der Waals surface area (Å²) >= 11 is 0. The Kier molecular flexibility index (Phi) is 4.62. The highest BCUT2D eigenvalue weighted by molar-refractivity contribution is 5.95. The van der Waals surface area contributed by atoms with Gasteiger partial charge in [0.05, 0.1) is 12.2 Å². The van der Waals surface area contributed by atoms with E-state index in [4.69, 9.17) is 0 Å². The van der Waals surface area contributed by atoms with Gasteiger partial charge < -0.3 is 10.0 Å². The molecular weight excluding hydrogens is 378 g/mol. The quantitative estimate of drug-likeness (QED) is 0.712. The summed E-state index contributed by atoms with van der Waals surface area (Å²) in [6.07, 6.45) is 3.32. The number of aromatic nitrogens is 2. The van der Waals surface area contributed by atoms with Gasteiger partial charge in [-0.2, -0.15) is 5.10 Å². The van der Waals surface area contributed by atoms with Gasteiger partial charge in [0.25, 0.3) is 5.91 Å². The van der Waals surface area contributed by atoms with Crippen LogP contribution in [0.15, 0.2) is 71.7 Å². The number of hydrogen-bond acceptors (Lipinski definition) is 4. The first kappa shape index (κ1) is 18.6. The molecule has 6 nitrogen and oxygen atoms in total. The lowest BCUT2D eigenvalue weighted by Gasteiger charge is -2.39. The van der Waals surface area contributed by atoms with Crippen LogP contribution in [0.5, 0.6) is 5.75 Å². The predicted molar refractivity (Wildman–Crippen MR) is 113 cm³/mol. The molecule has 6 heteroatoms. The number of nitrogens with zero attached hydrogens (tertiary/aromatic N) is 3. The molecule has 30 heavy (non-hydrogen) atoms. The number of benzene rings is 2. The highest BCUT2D eigenvalue weighted by atomic mass is 16.3. The van der Waals surface area contributed by atoms with Gasteiger partial charge in [0, 0.05) is 19.0 Å². The summed E-state index contributed by atoms with van der Waals surface area (Å²) in [5.41, 5.74) is 1.56. The minimum atomic E-state index is -0.627. The molecule has 1 saturated carbocycles. The Morgan fingerprint density at radius 1 is 0.967 bits per heavy atom. The van der Waals surface area contributed by atoms with Gasteiger partial charge in [-0.25, -0.2) is 0 Å². The van der Waals surface area contributed by atoms with Crippen molar-refractivity contribution in [2.24, 2.45) is 5.92 Å². The topological polar surface area (TPSA) is 75.4 Å². The third-order valence-corrected chi connectivity index (χ3v) is 6.08. The van der Waals surface area contributed by atoms with Crippen molar-refractivity contribution in [1.82, 2.24) is 14.7 Å². The smallest absolute Gasteiger partial charge is 0.276 e. The zero-order valence-electron chi connectivity index (χ0n) is 16.5. The van der Waals surface area contributed by atoms with Gasteiger partial charge in [0.1, 0.15) is 0 Å². The molecule has 3 aromatic rings. The van der Waals surface area contributed by atoms with E-state index < -0.39 is 11.2 Å². The van der Waals surface area contributed by atoms with Crippen LogP contribution in [-0.4, -0.2) is 38.8 Å². The normalized spacial score (nSPS) is 18.5. The van der Waals surface area contributed by atoms with Crippen LogP contribution < -0.4 is 5.43 Å². The standard InChI is InChI=1S/C24H23N3O3/c28-20-13-25-27-19(15-26(14-16-11-12-16)24(30)22(27)23(20)29)21(17-7-3-1-4-8-17)18-9-5-2-6-10-18/h1-10,13,16,19,21,29H,11-12,14-15H2. The van der Waals surface area contributed by atoms with E-state index in [0.29, 0.717) is 19.0 Å². The number of carbonyl (C=O) groups is 1. The van der Waals surface area contributed by atoms with Crippen LogP contribution in [0.25, 0.3) is 0 Å². The van der Waals surface area contributed by atoms with Gasteiger partial charge in [0.15, 0.2) is 11.4 Å². The van der Waals surface area contributed by atoms with Gasteiger partial charge in [-0.05, 0) is 29.9 Å². The third-order valence-electron chi connectivity index (χ3n) is 6.08. The molecule has 1 unspecified atom stereocenters. The van der Waals surface area contributed by atoms with Gasteiger partial charge >= 0.3 is 0 Å². The monoisotopic (exact) mass is 401 g/mol. The van der Waals surface area contributed by atoms with Crippen LogP contribution in [0.4, 0.5) is 0 Å². The summed E-state index contributed by atoms with van der Waals surface area (Å²) in [7, 11) is 0. The molecular formula is C24H23N3O3. The zero-order chi connectivity index (χ0) is 20.7. The number of carbonyl (C=O) groups excluding carboxylic acids is 1. The SMILES string of the molecule is O=C1c2c(O)c(=O)cnn2C(C(c2ccccc2)c2ccccc2)CN1CC1CC1. The van der Waals surface area contributed by atoms with Gasteiger partial charge in [-0.3, -0.25) is 14.3 Å². The van der Waals surface area contributed by atoms with Crippen LogP contribution >= 0.6 is 0 Å². The van der Waals surface area contributed by atoms with E-state index in [1.807, 2.05) is 36.4 Å². The van der Waals surface area contributed by atoms with Crippen LogP contribution in [0, 0.1) is 5.92 Å². The second-order valence-corrected chi connectivity index (χ2v) is 8.17. The molecule has 1 atom stereocenters. The predicted octanol–water partition coefficient (Wildman–Crippen LogP) is 3.19. The highest BCUT2D eigenvalue weighted by Gasteiger charge is 2.41. The maximum absolute atomic E-state index is 13.2. The Morgan fingerprint density at radius 2 is 1.57 bits per heavy atom. The fourth-order valence-corrected chi connectivity index (χ4v) is 4.42. The molecule has 0 spiro atoms. The van der Waals surface area contributed by atoms with Gasteiger partial charge in [-0.15, -0.1) is 0 Å². The van der Waals surface area contributed by atoms with E-state index in [2.05, 4.69) is 29.4 Å². The van der Waals surface area contributed by atoms with Crippen molar-refractivity contribution in [3.05, 3.63) is 93.9 Å². The molecule has 2 aliphatic rings. The summed E-state index contributed by atoms with van der Waals surface area (Å²) in [6, 6.07) is 20.0. The van der Waals surface area contributed by atoms with Crippen molar-refractivity contribution >= 4 is 5.91 Å². The average Bonchev–Trinajstić information content (AvgIpc) is 3.59. The fourth-order valence-electron chi connectivity index (χ4n) is 4.42. The van der Waals surface area contributed by atoms with Gasteiger partial charge in [0.2, 0.25) is 5.43 Å². The summed E-state index contributed by atoms with van der Waals surface area (Å²) in [4.78, 5) is 27.0. The zero-order valence-corrected chi connectivity index (χ0v) is 16.5. The van der Waals surface area contributed by atoms with Crippen molar-refractivity contribution in [3.8, 4) is 5.75 Å². The molecule has 152 valence electrons. The Hall–Kier alpha value is -3.41. The highest BCUT2D eigenvalue weighted by Crippen LogP contribution is 2.40. The Labute approximate surface area is 174 Å². The molecule has 1 aliphatic carbocycles. The van der Waals surface area contributed by atoms with E-state index >= 15 is 0 Å². The fraction of sp³-hybridized carbons (Fsp3) is 0.292. The molecule has 1 amide bonds. The first-order chi connectivity index (χ1) is 14.6. The van der Waals surface area contributed by atoms with Crippen LogP contribution in [0.2, 0.25) is 0 Å². The molecule has 0 bridgehead atoms. The maximum Gasteiger partial charge on any atom is 0.276 e. The molecule has 5 rings (SSSR count). The third kappa shape index (κ3) is 3.28. The Balaban J connectivity index is 1.68. The summed E-state index contributed by atoms with van der Waals surface area (Å²) in [5, 5.41) is 14.8. The first-order valence-electron chi connectivity index (χ1n) is 10.3. The average molecular weight is 401 g/mol. The van der Waals surface area contributed by atoms with Crippen molar-refractivity contribution in [3.63, 3.8) is 0 Å². The Morgan fingerprint density at radius 3 is 2.13 bits per heavy atom. The number of aromatic hydroxyl groups is 1. The lowest BCUT2D eigenvalue weighted by molar-refractivity contribution is 0.0624. The lowest BCUT2D eigenvalue weighted by atomic mass is 9.83. The number of fused-ring (bicyclic) bond motifs is 1. The number of rotatable bonds is 5. The van der Waals surface area contributed by atoms with E-state index in [1.165, 1.54) is 0 Å². The molecule has 0 radical (unpaired) electrons. The number of hydrogen-bond donors (Lipinski definition) is 1. The number of amides is 1. The van der Waals surface area contributed by atoms with Crippen LogP contribution in [-0.2, 0) is 0 Å². The van der Waals surface area contributed by atoms with Gasteiger partial charge in [-0.1, -0.05) is 60.7 Å². The van der Waals surface area contributed by atoms with Crippen LogP contribution in [0.1, 0.15) is 46.4 Å². The van der Waals surface area contributed by atoms with E-state index in [-0.39, 0.29) is 23.6 Å². The molecule has 1 aromatic heterocycles. The summed E-state index contributed by atoms with van der Waals surface area (Å²) in [5.74, 6) is -0.421. The Bertz CT molecular complexity index is 1080. The van der Waals surface area contributed by atoms with Crippen LogP contribution in [0.3, 0.4) is 0 Å². The van der Waals surface area contributed by atoms with Crippen molar-refractivity contribution in [2.45, 2.75) is 24.8 Å². The molecule has 1 aliphatic heterocycles. The molecule has 1 N–H and O–H groups in total. The van der Waals surface area contributed by atoms with Crippen molar-refractivity contribution in [1.29, 1.82) is 0 Å². The van der Waals surface area contributed by atoms with Crippen molar-refractivity contribution in [2.75, 3.05) is 13.1 Å². The minimum Gasteiger partial charge on any atom is -0.502 e. The molecule has 2 heterocycles. The second kappa shape index (κ2) is 7.44. The van der Waals surface area contributed by atoms with E-state index in [9.17, 15) is 14.7 Å². The first-order valence-corrected chi connectivity index (χ1v) is 10.3. The lowest BCUT2D eigenvalue weighted by Crippen LogP contribution is -2.47. The van der Waals surface area contributed by atoms with E-state index in [0.717, 1.165) is 30.2 Å². The molecule has 2 aromatic carbocycles. The second-order valence-electron chi connectivity index (χ2n) is 8.17. The molecule has 1 fully saturated rings. The summed E-state index contributed by atoms with van der Waals surface area (Å²) in [6.45, 7) is 1.13. The molecule has 0 saturated heterocycles. The minimum absolute atomic E-state index is 0.00346. The maximum atomic E-state index is 13.2. The van der Waals surface area contributed by atoms with E-state index in [1.54, 1.807) is 9.58 Å². The summed E-state index contributed by atoms with van der Waals surface area (Å²) < 4.78 is 1.56. The largest absolute Gasteiger partial charge is 0.502 e.